The van der Waals surface area contributed by atoms with Crippen LogP contribution in [0.1, 0.15) is 77.0 Å². The summed E-state index contributed by atoms with van der Waals surface area (Å²) in [5, 5.41) is -0.520. The fraction of sp³-hybridized carbons (Fsp3) is 0.417. The van der Waals surface area contributed by atoms with Gasteiger partial charge in [0.05, 0.1) is 19.0 Å². The van der Waals surface area contributed by atoms with Gasteiger partial charge in [0.2, 0.25) is 0 Å². The third-order valence-electron chi connectivity index (χ3n) is 13.5. The van der Waals surface area contributed by atoms with Gasteiger partial charge in [-0.2, -0.15) is 101 Å². The second-order valence-corrected chi connectivity index (χ2v) is 18.4. The van der Waals surface area contributed by atoms with Crippen LogP contribution in [0.3, 0.4) is 0 Å². The maximum absolute atomic E-state index is 15.0. The first-order valence-electron chi connectivity index (χ1n) is 22.2. The summed E-state index contributed by atoms with van der Waals surface area (Å²) in [6, 6.07) is 10.8. The van der Waals surface area contributed by atoms with Crippen LogP contribution < -0.4 is 0 Å². The molecular weight excluding hydrogens is 1180 g/mol. The molecule has 0 N–H and O–H groups in total. The normalized spacial score (nSPS) is 16.6. The molecule has 2 unspecified atom stereocenters. The van der Waals surface area contributed by atoms with Crippen molar-refractivity contribution in [1.29, 1.82) is 0 Å². The average Bonchev–Trinajstić information content (AvgIpc) is 3.54. The minimum Gasteiger partial charge on any atom is -0.270 e. The van der Waals surface area contributed by atoms with Gasteiger partial charge in [-0.25, -0.2) is 17.6 Å². The molecule has 0 aliphatic carbocycles. The number of carbonyl (C=O) groups excluding carboxylic acids is 4. The summed E-state index contributed by atoms with van der Waals surface area (Å²) in [6.45, 7) is 1.62. The molecule has 2 aliphatic rings. The summed E-state index contributed by atoms with van der Waals surface area (Å²) < 4.78 is 373. The Hall–Kier alpha value is -6.73. The maximum atomic E-state index is 15.0. The van der Waals surface area contributed by atoms with Gasteiger partial charge >= 0.3 is 78.3 Å². The van der Waals surface area contributed by atoms with Crippen LogP contribution in [0.5, 0.6) is 0 Å². The molecule has 81 heavy (non-hydrogen) atoms. The van der Waals surface area contributed by atoms with E-state index in [9.17, 15) is 138 Å². The van der Waals surface area contributed by atoms with Crippen molar-refractivity contribution >= 4 is 40.0 Å². The molecule has 0 saturated carbocycles. The van der Waals surface area contributed by atoms with Crippen molar-refractivity contribution in [3.63, 3.8) is 0 Å². The SMILES string of the molecule is C=C(c1ccc(CN2C(=O)c3ccc4c5c(ccc(c35)C2=O)C(=O)N(Cc2ccc(CCC(C(F)(F)F)C(F)(F)C(F)(F)C(F)(F)C(F)(F)C(F)(F)C(F)F)cc2)C4=O)cc1)C(C)C(F)(F)C(F)(F)C(F)(F)C(F)(F)C(F)(F)C(F)F. The number of rotatable bonds is 21. The number of nitrogens with zero attached hydrogens (tertiary/aromatic N) is 2. The van der Waals surface area contributed by atoms with Crippen LogP contribution in [0.15, 0.2) is 79.4 Å². The summed E-state index contributed by atoms with van der Waals surface area (Å²) in [5.41, 5.74) is -3.94. The van der Waals surface area contributed by atoms with E-state index in [1.54, 1.807) is 0 Å². The Balaban J connectivity index is 1.17. The molecule has 6 rings (SSSR count). The number of halogens is 27. The minimum absolute atomic E-state index is 0.0382. The van der Waals surface area contributed by atoms with Crippen LogP contribution in [-0.4, -0.2) is 112 Å². The molecule has 4 aromatic carbocycles. The third-order valence-corrected chi connectivity index (χ3v) is 13.5. The molecule has 0 aromatic heterocycles. The molecule has 0 bridgehead atoms. The van der Waals surface area contributed by atoms with E-state index in [1.165, 1.54) is 0 Å². The zero-order valence-corrected chi connectivity index (χ0v) is 39.5. The predicted molar refractivity (Wildman–Crippen MR) is 223 cm³/mol. The summed E-state index contributed by atoms with van der Waals surface area (Å²) in [5.74, 6) is -88.6. The quantitative estimate of drug-likeness (QED) is 0.0615. The average molecular weight is 1210 g/mol. The first kappa shape index (κ1) is 63.5. The molecule has 2 aliphatic heterocycles. The number of imide groups is 2. The van der Waals surface area contributed by atoms with E-state index < -0.39 is 156 Å². The molecule has 2 heterocycles. The van der Waals surface area contributed by atoms with Crippen molar-refractivity contribution in [2.45, 2.75) is 111 Å². The number of allylic oxidation sites excluding steroid dienone is 1. The molecule has 0 fully saturated rings. The van der Waals surface area contributed by atoms with Gasteiger partial charge < -0.3 is 0 Å². The van der Waals surface area contributed by atoms with Gasteiger partial charge in [-0.05, 0) is 64.9 Å². The van der Waals surface area contributed by atoms with E-state index >= 15 is 0 Å². The van der Waals surface area contributed by atoms with Crippen LogP contribution in [0.2, 0.25) is 0 Å². The summed E-state index contributed by atoms with van der Waals surface area (Å²) in [4.78, 5) is 56.4. The predicted octanol–water partition coefficient (Wildman–Crippen LogP) is 15.1. The molecular formula is C48H29F27N2O4. The molecule has 0 radical (unpaired) electrons. The van der Waals surface area contributed by atoms with Gasteiger partial charge in [0.15, 0.2) is 0 Å². The molecule has 444 valence electrons. The second-order valence-electron chi connectivity index (χ2n) is 18.4. The van der Waals surface area contributed by atoms with Gasteiger partial charge in [-0.15, -0.1) is 0 Å². The van der Waals surface area contributed by atoms with Crippen molar-refractivity contribution in [1.82, 2.24) is 9.80 Å². The van der Waals surface area contributed by atoms with Crippen LogP contribution in [0, 0.1) is 11.8 Å². The number of carbonyl (C=O) groups is 4. The van der Waals surface area contributed by atoms with E-state index in [4.69, 9.17) is 0 Å². The molecule has 4 amide bonds. The highest BCUT2D eigenvalue weighted by atomic mass is 19.4. The topological polar surface area (TPSA) is 74.8 Å². The molecule has 6 nitrogen and oxygen atoms in total. The standard InChI is InChI=1S/C48H29F27N2O4/c1-19(20(2)38(53,54)43(64,65)47(72,73)45(68,69)40(57,58)36(49)50)24-10-7-23(8-11-24)18-77-34(80)27-14-12-25-30-26(13-15-28(31(27)30)35(77)81)33(79)76(32(25)78)17-22-5-3-21(4-6-22)9-16-29(42(61,62)63)39(55,56)44(66,67)48(74,75)46(70,71)41(59,60)37(51)52/h3-8,10-15,20,29,36-37H,1,9,16-18H2,2H3. The lowest BCUT2D eigenvalue weighted by Gasteiger charge is -2.41. The van der Waals surface area contributed by atoms with Crippen molar-refractivity contribution in [3.05, 3.63) is 124 Å². The summed E-state index contributed by atoms with van der Waals surface area (Å²) in [7, 11) is 0. The minimum atomic E-state index is -8.23. The Morgan fingerprint density at radius 2 is 0.691 bits per heavy atom. The summed E-state index contributed by atoms with van der Waals surface area (Å²) in [6.07, 6.45) is -22.1. The van der Waals surface area contributed by atoms with Crippen LogP contribution in [-0.2, 0) is 19.5 Å². The number of benzene rings is 4. The Kier molecular flexibility index (Phi) is 15.7. The van der Waals surface area contributed by atoms with E-state index in [-0.39, 0.29) is 51.1 Å². The van der Waals surface area contributed by atoms with E-state index in [2.05, 4.69) is 6.58 Å². The van der Waals surface area contributed by atoms with E-state index in [0.29, 0.717) is 9.80 Å². The lowest BCUT2D eigenvalue weighted by molar-refractivity contribution is -0.427. The second kappa shape index (κ2) is 20.0. The lowest BCUT2D eigenvalue weighted by atomic mass is 9.83. The van der Waals surface area contributed by atoms with E-state index in [0.717, 1.165) is 72.8 Å². The van der Waals surface area contributed by atoms with Crippen molar-refractivity contribution in [3.8, 4) is 0 Å². The number of alkyl halides is 27. The maximum Gasteiger partial charge on any atom is 0.397 e. The fourth-order valence-electron chi connectivity index (χ4n) is 8.59. The van der Waals surface area contributed by atoms with E-state index in [1.807, 2.05) is 0 Å². The van der Waals surface area contributed by atoms with Crippen molar-refractivity contribution in [2.75, 3.05) is 0 Å². The van der Waals surface area contributed by atoms with Gasteiger partial charge in [-0.1, -0.05) is 62.0 Å². The number of hydrogen-bond donors (Lipinski definition) is 0. The van der Waals surface area contributed by atoms with Crippen LogP contribution in [0.4, 0.5) is 119 Å². The highest BCUT2D eigenvalue weighted by molar-refractivity contribution is 6.33. The molecule has 4 aromatic rings. The Bertz CT molecular complexity index is 3080. The molecule has 2 atom stereocenters. The lowest BCUT2D eigenvalue weighted by Crippen LogP contribution is -2.70. The smallest absolute Gasteiger partial charge is 0.270 e. The fourth-order valence-corrected chi connectivity index (χ4v) is 8.59. The molecule has 0 saturated heterocycles. The highest BCUT2D eigenvalue weighted by Crippen LogP contribution is 2.63. The number of amides is 4. The zero-order valence-electron chi connectivity index (χ0n) is 39.5. The van der Waals surface area contributed by atoms with Gasteiger partial charge in [-0.3, -0.25) is 29.0 Å². The summed E-state index contributed by atoms with van der Waals surface area (Å²) >= 11 is 0. The Morgan fingerprint density at radius 3 is 1.00 bits per heavy atom. The van der Waals surface area contributed by atoms with Crippen LogP contribution >= 0.6 is 0 Å². The molecule has 33 heteroatoms. The third kappa shape index (κ3) is 9.47. The van der Waals surface area contributed by atoms with Gasteiger partial charge in [0, 0.05) is 33.0 Å². The monoisotopic (exact) mass is 1210 g/mol. The Morgan fingerprint density at radius 1 is 0.407 bits per heavy atom. The first-order valence-corrected chi connectivity index (χ1v) is 22.2. The van der Waals surface area contributed by atoms with Gasteiger partial charge in [0.1, 0.15) is 5.92 Å². The number of aryl methyl sites for hydroxylation is 1. The zero-order chi connectivity index (χ0) is 61.9. The van der Waals surface area contributed by atoms with Gasteiger partial charge in [0.25, 0.3) is 23.6 Å². The highest BCUT2D eigenvalue weighted by Gasteiger charge is 2.90. The molecule has 0 spiro atoms. The van der Waals surface area contributed by atoms with Crippen LogP contribution in [0.25, 0.3) is 16.3 Å². The first-order chi connectivity index (χ1) is 36.6. The van der Waals surface area contributed by atoms with Crippen molar-refractivity contribution < 1.29 is 138 Å². The number of hydrogen-bond acceptors (Lipinski definition) is 4. The van der Waals surface area contributed by atoms with Crippen molar-refractivity contribution in [2.24, 2.45) is 11.8 Å². The largest absolute Gasteiger partial charge is 0.397 e. The Labute approximate surface area is 434 Å².